The lowest BCUT2D eigenvalue weighted by atomic mass is 10.1. The summed E-state index contributed by atoms with van der Waals surface area (Å²) in [5.74, 6) is 0.903. The van der Waals surface area contributed by atoms with Crippen molar-refractivity contribution in [3.05, 3.63) is 54.6 Å². The summed E-state index contributed by atoms with van der Waals surface area (Å²) < 4.78 is 5.74. The van der Waals surface area contributed by atoms with Gasteiger partial charge in [-0.25, -0.2) is 0 Å². The van der Waals surface area contributed by atoms with Gasteiger partial charge in [0.1, 0.15) is 12.4 Å². The third-order valence-electron chi connectivity index (χ3n) is 5.20. The van der Waals surface area contributed by atoms with Gasteiger partial charge in [-0.1, -0.05) is 30.9 Å². The first-order chi connectivity index (χ1) is 12.2. The summed E-state index contributed by atoms with van der Waals surface area (Å²) >= 11 is 0. The normalized spacial score (nSPS) is 24.5. The summed E-state index contributed by atoms with van der Waals surface area (Å²) in [6.07, 6.45) is 6.75. The molecule has 4 heteroatoms. The molecule has 2 aliphatic rings. The number of likely N-dealkylation sites (tertiary alicyclic amines) is 2. The molecule has 0 radical (unpaired) electrons. The Balaban J connectivity index is 1.64. The maximum absolute atomic E-state index is 10.5. The van der Waals surface area contributed by atoms with Gasteiger partial charge in [0.2, 0.25) is 0 Å². The average Bonchev–Trinajstić information content (AvgIpc) is 3.24. The molecule has 136 valence electrons. The zero-order valence-electron chi connectivity index (χ0n) is 15.1. The van der Waals surface area contributed by atoms with Gasteiger partial charge in [-0.15, -0.1) is 6.58 Å². The van der Waals surface area contributed by atoms with Crippen molar-refractivity contribution in [3.8, 4) is 5.75 Å². The average molecular weight is 342 g/mol. The van der Waals surface area contributed by atoms with Gasteiger partial charge in [0.15, 0.2) is 0 Å². The van der Waals surface area contributed by atoms with Gasteiger partial charge in [-0.2, -0.15) is 0 Å². The van der Waals surface area contributed by atoms with Gasteiger partial charge < -0.3 is 9.84 Å². The Bertz CT molecular complexity index is 596. The van der Waals surface area contributed by atoms with Crippen molar-refractivity contribution in [2.75, 3.05) is 32.8 Å². The summed E-state index contributed by atoms with van der Waals surface area (Å²) in [6, 6.07) is 6.67. The molecule has 0 saturated carbocycles. The van der Waals surface area contributed by atoms with E-state index in [1.165, 1.54) is 18.4 Å². The van der Waals surface area contributed by atoms with Crippen LogP contribution in [0.1, 0.15) is 24.0 Å². The zero-order valence-corrected chi connectivity index (χ0v) is 15.1. The minimum atomic E-state index is -0.235. The van der Waals surface area contributed by atoms with Crippen LogP contribution in [0, 0.1) is 0 Å². The summed E-state index contributed by atoms with van der Waals surface area (Å²) in [5, 5.41) is 10.5. The lowest BCUT2D eigenvalue weighted by molar-refractivity contribution is 0.0978. The van der Waals surface area contributed by atoms with Crippen LogP contribution < -0.4 is 4.74 Å². The highest BCUT2D eigenvalue weighted by molar-refractivity contribution is 5.38. The lowest BCUT2D eigenvalue weighted by Crippen LogP contribution is -2.41. The monoisotopic (exact) mass is 342 g/mol. The van der Waals surface area contributed by atoms with Crippen LogP contribution in [-0.2, 0) is 13.0 Å². The Morgan fingerprint density at radius 3 is 2.68 bits per heavy atom. The van der Waals surface area contributed by atoms with Crippen LogP contribution in [0.3, 0.4) is 0 Å². The first-order valence-corrected chi connectivity index (χ1v) is 9.32. The molecule has 2 saturated heterocycles. The number of hydrogen-bond acceptors (Lipinski definition) is 4. The third-order valence-corrected chi connectivity index (χ3v) is 5.20. The molecule has 0 aliphatic carbocycles. The first kappa shape index (κ1) is 18.2. The molecule has 1 aromatic carbocycles. The number of aliphatic hydroxyl groups excluding tert-OH is 1. The number of hydrogen-bond donors (Lipinski definition) is 1. The topological polar surface area (TPSA) is 35.9 Å². The van der Waals surface area contributed by atoms with Gasteiger partial charge >= 0.3 is 0 Å². The molecule has 0 unspecified atom stereocenters. The maximum atomic E-state index is 10.5. The molecule has 0 spiro atoms. The van der Waals surface area contributed by atoms with Crippen LogP contribution in [0.15, 0.2) is 43.5 Å². The third kappa shape index (κ3) is 4.51. The number of ether oxygens (including phenoxy) is 1. The van der Waals surface area contributed by atoms with Gasteiger partial charge in [-0.05, 0) is 49.5 Å². The second kappa shape index (κ2) is 8.65. The van der Waals surface area contributed by atoms with E-state index in [-0.39, 0.29) is 6.10 Å². The van der Waals surface area contributed by atoms with E-state index in [9.17, 15) is 5.11 Å². The molecular formula is C21H30N2O2. The molecule has 2 atom stereocenters. The summed E-state index contributed by atoms with van der Waals surface area (Å²) in [7, 11) is 0. The Morgan fingerprint density at radius 1 is 1.16 bits per heavy atom. The van der Waals surface area contributed by atoms with Crippen LogP contribution in [0.5, 0.6) is 5.75 Å². The number of β-amino-alcohol motifs (C(OH)–C–C–N with tert-alkyl or cyclic N) is 1. The van der Waals surface area contributed by atoms with E-state index >= 15 is 0 Å². The fourth-order valence-electron chi connectivity index (χ4n) is 4.00. The molecule has 2 fully saturated rings. The SMILES string of the molecule is C=CCOc1ccc(CN2C[C@H](O)[C@@H](N3CCCC3)C2)cc1CC=C. The van der Waals surface area contributed by atoms with Crippen LogP contribution in [-0.4, -0.2) is 59.8 Å². The number of allylic oxidation sites excluding steroid dienone is 1. The summed E-state index contributed by atoms with van der Waals surface area (Å²) in [4.78, 5) is 4.82. The molecule has 3 rings (SSSR count). The van der Waals surface area contributed by atoms with E-state index < -0.39 is 0 Å². The van der Waals surface area contributed by atoms with Crippen LogP contribution in [0.4, 0.5) is 0 Å². The second-order valence-electron chi connectivity index (χ2n) is 7.11. The minimum Gasteiger partial charge on any atom is -0.489 e. The minimum absolute atomic E-state index is 0.235. The predicted molar refractivity (Wildman–Crippen MR) is 102 cm³/mol. The zero-order chi connectivity index (χ0) is 17.6. The van der Waals surface area contributed by atoms with E-state index in [2.05, 4.69) is 35.1 Å². The number of nitrogens with zero attached hydrogens (tertiary/aromatic N) is 2. The molecule has 0 aromatic heterocycles. The molecule has 0 amide bonds. The van der Waals surface area contributed by atoms with Gasteiger partial charge in [0.25, 0.3) is 0 Å². The Hall–Kier alpha value is -1.62. The van der Waals surface area contributed by atoms with Gasteiger partial charge in [0.05, 0.1) is 6.10 Å². The summed E-state index contributed by atoms with van der Waals surface area (Å²) in [5.41, 5.74) is 2.42. The van der Waals surface area contributed by atoms with Crippen molar-refractivity contribution >= 4 is 0 Å². The van der Waals surface area contributed by atoms with Gasteiger partial charge in [-0.3, -0.25) is 9.80 Å². The molecule has 2 heterocycles. The molecule has 1 aromatic rings. The van der Waals surface area contributed by atoms with Crippen molar-refractivity contribution in [1.29, 1.82) is 0 Å². The number of benzene rings is 1. The van der Waals surface area contributed by atoms with Crippen LogP contribution in [0.25, 0.3) is 0 Å². The fourth-order valence-corrected chi connectivity index (χ4v) is 4.00. The quantitative estimate of drug-likeness (QED) is 0.737. The van der Waals surface area contributed by atoms with Crippen molar-refractivity contribution in [2.24, 2.45) is 0 Å². The molecule has 4 nitrogen and oxygen atoms in total. The van der Waals surface area contributed by atoms with Gasteiger partial charge in [0, 0.05) is 25.7 Å². The highest BCUT2D eigenvalue weighted by Gasteiger charge is 2.36. The van der Waals surface area contributed by atoms with E-state index in [4.69, 9.17) is 4.74 Å². The highest BCUT2D eigenvalue weighted by Crippen LogP contribution is 2.25. The van der Waals surface area contributed by atoms with Crippen molar-refractivity contribution < 1.29 is 9.84 Å². The van der Waals surface area contributed by atoms with Crippen molar-refractivity contribution in [2.45, 2.75) is 38.0 Å². The Morgan fingerprint density at radius 2 is 1.96 bits per heavy atom. The first-order valence-electron chi connectivity index (χ1n) is 9.32. The van der Waals surface area contributed by atoms with E-state index in [1.807, 2.05) is 12.1 Å². The number of aliphatic hydroxyl groups is 1. The van der Waals surface area contributed by atoms with Crippen LogP contribution in [0.2, 0.25) is 0 Å². The second-order valence-corrected chi connectivity index (χ2v) is 7.11. The number of rotatable bonds is 8. The Kier molecular flexibility index (Phi) is 6.29. The van der Waals surface area contributed by atoms with Crippen LogP contribution >= 0.6 is 0 Å². The van der Waals surface area contributed by atoms with Crippen molar-refractivity contribution in [3.63, 3.8) is 0 Å². The van der Waals surface area contributed by atoms with Crippen molar-refractivity contribution in [1.82, 2.24) is 9.80 Å². The molecule has 0 bridgehead atoms. The maximum Gasteiger partial charge on any atom is 0.123 e. The van der Waals surface area contributed by atoms with E-state index in [0.717, 1.165) is 50.5 Å². The molecular weight excluding hydrogens is 312 g/mol. The van der Waals surface area contributed by atoms with E-state index in [1.54, 1.807) is 6.08 Å². The smallest absolute Gasteiger partial charge is 0.123 e. The summed E-state index contributed by atoms with van der Waals surface area (Å²) in [6.45, 7) is 12.9. The molecule has 2 aliphatic heterocycles. The highest BCUT2D eigenvalue weighted by atomic mass is 16.5. The molecule has 25 heavy (non-hydrogen) atoms. The lowest BCUT2D eigenvalue weighted by Gasteiger charge is -2.25. The Labute approximate surface area is 151 Å². The molecule has 1 N–H and O–H groups in total. The predicted octanol–water partition coefficient (Wildman–Crippen LogP) is 2.62. The standard InChI is InChI=1S/C21H30N2O2/c1-3-7-18-13-17(8-9-21(18)25-12-4-2)14-22-15-19(20(24)16-22)23-10-5-6-11-23/h3-4,8-9,13,19-20,24H,1-2,5-7,10-12,14-16H2/t19-,20-/m0/s1. The fraction of sp³-hybridized carbons (Fsp3) is 0.524. The largest absolute Gasteiger partial charge is 0.489 e. The van der Waals surface area contributed by atoms with E-state index in [0.29, 0.717) is 12.6 Å².